The number of rotatable bonds is 5. The highest BCUT2D eigenvalue weighted by atomic mass is 16.5. The number of ketones is 1. The first-order valence-corrected chi connectivity index (χ1v) is 6.54. The maximum Gasteiger partial charge on any atom is 0.317 e. The van der Waals surface area contributed by atoms with Crippen molar-refractivity contribution in [2.45, 2.75) is 45.6 Å². The molecular formula is C13H24N2O4. The summed E-state index contributed by atoms with van der Waals surface area (Å²) >= 11 is 0. The predicted molar refractivity (Wildman–Crippen MR) is 70.7 cm³/mol. The van der Waals surface area contributed by atoms with Crippen LogP contribution >= 0.6 is 0 Å². The average molecular weight is 272 g/mol. The van der Waals surface area contributed by atoms with Gasteiger partial charge in [0.2, 0.25) is 0 Å². The quantitative estimate of drug-likeness (QED) is 0.745. The van der Waals surface area contributed by atoms with Crippen molar-refractivity contribution < 1.29 is 19.4 Å². The molecule has 110 valence electrons. The summed E-state index contributed by atoms with van der Waals surface area (Å²) in [7, 11) is 1.70. The summed E-state index contributed by atoms with van der Waals surface area (Å²) in [4.78, 5) is 25.9. The zero-order valence-corrected chi connectivity index (χ0v) is 12.2. The van der Waals surface area contributed by atoms with Crippen LogP contribution in [0.15, 0.2) is 0 Å². The second kappa shape index (κ2) is 6.45. The van der Waals surface area contributed by atoms with E-state index in [1.807, 2.05) is 25.7 Å². The largest absolute Gasteiger partial charge is 0.480 e. The first-order chi connectivity index (χ1) is 8.69. The molecule has 1 atom stereocenters. The number of aliphatic carboxylic acids is 1. The van der Waals surface area contributed by atoms with Crippen LogP contribution in [-0.4, -0.2) is 65.3 Å². The van der Waals surface area contributed by atoms with Crippen molar-refractivity contribution >= 4 is 11.8 Å². The molecule has 1 rings (SSSR count). The van der Waals surface area contributed by atoms with Crippen LogP contribution in [0.25, 0.3) is 0 Å². The van der Waals surface area contributed by atoms with E-state index in [2.05, 4.69) is 0 Å². The molecule has 6 nitrogen and oxygen atoms in total. The van der Waals surface area contributed by atoms with E-state index in [-0.39, 0.29) is 12.3 Å². The second-order valence-corrected chi connectivity index (χ2v) is 5.98. The number of ether oxygens (including phenoxy) is 1. The topological polar surface area (TPSA) is 70.1 Å². The lowest BCUT2D eigenvalue weighted by molar-refractivity contribution is -0.204. The Kier molecular flexibility index (Phi) is 5.46. The van der Waals surface area contributed by atoms with Gasteiger partial charge in [0.15, 0.2) is 6.35 Å². The summed E-state index contributed by atoms with van der Waals surface area (Å²) in [5.41, 5.74) is -0.405. The molecule has 0 bridgehead atoms. The highest BCUT2D eigenvalue weighted by Gasteiger charge is 2.32. The smallest absolute Gasteiger partial charge is 0.317 e. The van der Waals surface area contributed by atoms with E-state index in [1.165, 1.54) is 0 Å². The Hall–Kier alpha value is -0.980. The van der Waals surface area contributed by atoms with Crippen molar-refractivity contribution in [3.63, 3.8) is 0 Å². The van der Waals surface area contributed by atoms with Gasteiger partial charge in [0, 0.05) is 13.0 Å². The summed E-state index contributed by atoms with van der Waals surface area (Å²) < 4.78 is 5.92. The lowest BCUT2D eigenvalue weighted by Crippen LogP contribution is -2.55. The van der Waals surface area contributed by atoms with E-state index >= 15 is 0 Å². The predicted octanol–water partition coefficient (Wildman–Crippen LogP) is 0.766. The van der Waals surface area contributed by atoms with Crippen LogP contribution in [-0.2, 0) is 14.3 Å². The Morgan fingerprint density at radius 3 is 2.63 bits per heavy atom. The number of hydrogen-bond acceptors (Lipinski definition) is 5. The third kappa shape index (κ3) is 5.67. The number of carboxylic acid groups (broad SMARTS) is 1. The van der Waals surface area contributed by atoms with E-state index in [9.17, 15) is 9.59 Å². The number of carbonyl (C=O) groups excluding carboxylic acids is 1. The van der Waals surface area contributed by atoms with Crippen molar-refractivity contribution in [2.75, 3.05) is 26.7 Å². The van der Waals surface area contributed by atoms with Crippen molar-refractivity contribution in [2.24, 2.45) is 0 Å². The molecule has 0 aromatic rings. The Morgan fingerprint density at radius 1 is 1.53 bits per heavy atom. The van der Waals surface area contributed by atoms with Crippen LogP contribution in [0.5, 0.6) is 0 Å². The normalized spacial score (nSPS) is 19.7. The minimum atomic E-state index is -0.909. The van der Waals surface area contributed by atoms with Gasteiger partial charge < -0.3 is 9.84 Å². The van der Waals surface area contributed by atoms with Gasteiger partial charge in [0.25, 0.3) is 0 Å². The van der Waals surface area contributed by atoms with Gasteiger partial charge in [-0.05, 0) is 34.2 Å². The number of piperidine rings is 1. The molecule has 1 aliphatic heterocycles. The van der Waals surface area contributed by atoms with Gasteiger partial charge in [-0.2, -0.15) is 0 Å². The lowest BCUT2D eigenvalue weighted by atomic mass is 10.1. The summed E-state index contributed by atoms with van der Waals surface area (Å²) in [6, 6.07) is 0. The maximum absolute atomic E-state index is 11.6. The fourth-order valence-corrected chi connectivity index (χ4v) is 2.10. The number of carboxylic acids is 1. The molecule has 19 heavy (non-hydrogen) atoms. The molecule has 1 fully saturated rings. The van der Waals surface area contributed by atoms with Crippen molar-refractivity contribution in [3.05, 3.63) is 0 Å². The standard InChI is InChI=1S/C13H24N2O4/c1-13(2,3)19-12(14(4)9-11(17)18)15-7-5-6-10(16)8-15/h12H,5-9H2,1-4H3,(H,17,18). The van der Waals surface area contributed by atoms with Gasteiger partial charge in [-0.1, -0.05) is 0 Å². The van der Waals surface area contributed by atoms with Crippen molar-refractivity contribution in [1.82, 2.24) is 9.80 Å². The van der Waals surface area contributed by atoms with Gasteiger partial charge in [-0.3, -0.25) is 19.4 Å². The molecule has 1 saturated heterocycles. The minimum Gasteiger partial charge on any atom is -0.480 e. The van der Waals surface area contributed by atoms with E-state index < -0.39 is 17.9 Å². The number of nitrogens with zero attached hydrogens (tertiary/aromatic N) is 2. The Bertz CT molecular complexity index is 338. The SMILES string of the molecule is CN(CC(=O)O)C(OC(C)(C)C)N1CCCC(=O)C1. The highest BCUT2D eigenvalue weighted by molar-refractivity contribution is 5.81. The minimum absolute atomic E-state index is 0.120. The first kappa shape index (κ1) is 16.1. The third-order valence-electron chi connectivity index (χ3n) is 2.81. The van der Waals surface area contributed by atoms with E-state index in [0.717, 1.165) is 13.0 Å². The van der Waals surface area contributed by atoms with Gasteiger partial charge >= 0.3 is 5.97 Å². The highest BCUT2D eigenvalue weighted by Crippen LogP contribution is 2.19. The Labute approximate surface area is 114 Å². The summed E-state index contributed by atoms with van der Waals surface area (Å²) in [6.45, 7) is 6.70. The Morgan fingerprint density at radius 2 is 2.16 bits per heavy atom. The van der Waals surface area contributed by atoms with E-state index in [4.69, 9.17) is 9.84 Å². The molecule has 0 radical (unpaired) electrons. The molecule has 0 aliphatic carbocycles. The molecule has 0 spiro atoms. The first-order valence-electron chi connectivity index (χ1n) is 6.54. The van der Waals surface area contributed by atoms with E-state index in [0.29, 0.717) is 13.0 Å². The molecule has 1 N–H and O–H groups in total. The van der Waals surface area contributed by atoms with Crippen LogP contribution in [0, 0.1) is 0 Å². The number of carbonyl (C=O) groups is 2. The molecule has 1 heterocycles. The number of Topliss-reactive ketones (excluding diaryl/α,β-unsaturated/α-hetero) is 1. The number of likely N-dealkylation sites (N-methyl/N-ethyl adjacent to an activating group) is 1. The third-order valence-corrected chi connectivity index (χ3v) is 2.81. The average Bonchev–Trinajstić information content (AvgIpc) is 2.23. The lowest BCUT2D eigenvalue weighted by Gasteiger charge is -2.41. The monoisotopic (exact) mass is 272 g/mol. The van der Waals surface area contributed by atoms with Crippen molar-refractivity contribution in [1.29, 1.82) is 0 Å². The van der Waals surface area contributed by atoms with Crippen LogP contribution in [0.1, 0.15) is 33.6 Å². The summed E-state index contributed by atoms with van der Waals surface area (Å²) in [5.74, 6) is -0.731. The zero-order valence-electron chi connectivity index (χ0n) is 12.2. The number of likely N-dealkylation sites (tertiary alicyclic amines) is 1. The van der Waals surface area contributed by atoms with Crippen molar-refractivity contribution in [3.8, 4) is 0 Å². The van der Waals surface area contributed by atoms with Gasteiger partial charge in [0.05, 0.1) is 18.7 Å². The molecule has 1 aliphatic rings. The molecule has 0 aromatic carbocycles. The van der Waals surface area contributed by atoms with Crippen LogP contribution in [0.2, 0.25) is 0 Å². The van der Waals surface area contributed by atoms with E-state index in [1.54, 1.807) is 11.9 Å². The van der Waals surface area contributed by atoms with Gasteiger partial charge in [-0.25, -0.2) is 0 Å². The summed E-state index contributed by atoms with van der Waals surface area (Å²) in [6.07, 6.45) is 0.908. The maximum atomic E-state index is 11.6. The fourth-order valence-electron chi connectivity index (χ4n) is 2.10. The zero-order chi connectivity index (χ0) is 14.6. The molecule has 6 heteroatoms. The summed E-state index contributed by atoms with van der Waals surface area (Å²) in [5, 5.41) is 8.90. The molecule has 1 unspecified atom stereocenters. The van der Waals surface area contributed by atoms with Crippen LogP contribution in [0.3, 0.4) is 0 Å². The second-order valence-electron chi connectivity index (χ2n) is 5.98. The Balaban J connectivity index is 2.78. The molecule has 0 saturated carbocycles. The molecular weight excluding hydrogens is 248 g/mol. The molecule has 0 aromatic heterocycles. The fraction of sp³-hybridized carbons (Fsp3) is 0.846. The molecule has 0 amide bonds. The van der Waals surface area contributed by atoms with Gasteiger partial charge in [-0.15, -0.1) is 0 Å². The van der Waals surface area contributed by atoms with Crippen LogP contribution < -0.4 is 0 Å². The van der Waals surface area contributed by atoms with Crippen LogP contribution in [0.4, 0.5) is 0 Å². The number of hydrogen-bond donors (Lipinski definition) is 1. The van der Waals surface area contributed by atoms with Gasteiger partial charge in [0.1, 0.15) is 5.78 Å².